The maximum Gasteiger partial charge on any atom is 0.124 e. The monoisotopic (exact) mass is 229 g/mol. The van der Waals surface area contributed by atoms with Crippen LogP contribution in [0.15, 0.2) is 18.2 Å². The molecule has 0 saturated heterocycles. The number of hydrogen-bond donors (Lipinski definition) is 1. The average Bonchev–Trinajstić information content (AvgIpc) is 2.19. The van der Waals surface area contributed by atoms with Gasteiger partial charge in [0.05, 0.1) is 0 Å². The minimum atomic E-state index is -0.272. The zero-order valence-corrected chi connectivity index (χ0v) is 9.94. The molecule has 0 aliphatic carbocycles. The molecule has 1 unspecified atom stereocenters. The van der Waals surface area contributed by atoms with Gasteiger partial charge in [-0.25, -0.2) is 4.39 Å². The lowest BCUT2D eigenvalue weighted by Crippen LogP contribution is -2.13. The molecule has 1 aromatic carbocycles. The van der Waals surface area contributed by atoms with Crippen LogP contribution < -0.4 is 5.32 Å². The van der Waals surface area contributed by atoms with Crippen LogP contribution in [0.3, 0.4) is 0 Å². The predicted molar refractivity (Wildman–Crippen MR) is 62.8 cm³/mol. The Morgan fingerprint density at radius 1 is 1.47 bits per heavy atom. The predicted octanol–water partition coefficient (Wildman–Crippen LogP) is 3.27. The van der Waals surface area contributed by atoms with Gasteiger partial charge in [0.15, 0.2) is 0 Å². The van der Waals surface area contributed by atoms with Gasteiger partial charge in [-0.1, -0.05) is 24.6 Å². The van der Waals surface area contributed by atoms with E-state index in [1.54, 1.807) is 6.07 Å². The molecule has 1 N–H and O–H groups in total. The third-order valence-corrected chi connectivity index (χ3v) is 2.82. The van der Waals surface area contributed by atoms with Crippen LogP contribution in [0, 0.1) is 11.7 Å². The van der Waals surface area contributed by atoms with E-state index in [1.165, 1.54) is 12.1 Å². The Morgan fingerprint density at radius 3 is 2.80 bits per heavy atom. The van der Waals surface area contributed by atoms with E-state index in [2.05, 4.69) is 12.2 Å². The van der Waals surface area contributed by atoms with E-state index in [-0.39, 0.29) is 5.82 Å². The second kappa shape index (κ2) is 6.09. The van der Waals surface area contributed by atoms with Crippen LogP contribution >= 0.6 is 11.6 Å². The SMILES string of the molecule is CNCCC(C)Cc1ccc(F)cc1Cl. The zero-order valence-electron chi connectivity index (χ0n) is 9.19. The normalized spacial score (nSPS) is 12.8. The van der Waals surface area contributed by atoms with E-state index in [0.29, 0.717) is 10.9 Å². The Bertz CT molecular complexity index is 314. The molecule has 0 saturated carbocycles. The molecule has 0 spiro atoms. The van der Waals surface area contributed by atoms with E-state index in [1.807, 2.05) is 7.05 Å². The molecule has 1 rings (SSSR count). The highest BCUT2D eigenvalue weighted by Crippen LogP contribution is 2.21. The molecule has 1 nitrogen and oxygen atoms in total. The smallest absolute Gasteiger partial charge is 0.124 e. The summed E-state index contributed by atoms with van der Waals surface area (Å²) in [5.41, 5.74) is 1.03. The fourth-order valence-electron chi connectivity index (χ4n) is 1.56. The van der Waals surface area contributed by atoms with Crippen LogP contribution in [0.2, 0.25) is 5.02 Å². The average molecular weight is 230 g/mol. The molecule has 0 aliphatic rings. The molecular weight excluding hydrogens is 213 g/mol. The number of benzene rings is 1. The summed E-state index contributed by atoms with van der Waals surface area (Å²) in [6.07, 6.45) is 2.00. The van der Waals surface area contributed by atoms with Crippen molar-refractivity contribution in [2.45, 2.75) is 19.8 Å². The van der Waals surface area contributed by atoms with Crippen molar-refractivity contribution in [1.82, 2.24) is 5.32 Å². The molecule has 0 heterocycles. The van der Waals surface area contributed by atoms with Gasteiger partial charge >= 0.3 is 0 Å². The highest BCUT2D eigenvalue weighted by molar-refractivity contribution is 6.31. The molecule has 3 heteroatoms. The summed E-state index contributed by atoms with van der Waals surface area (Å²) >= 11 is 5.95. The molecule has 0 aliphatic heterocycles. The van der Waals surface area contributed by atoms with Gasteiger partial charge in [-0.2, -0.15) is 0 Å². The topological polar surface area (TPSA) is 12.0 Å². The van der Waals surface area contributed by atoms with Crippen molar-refractivity contribution < 1.29 is 4.39 Å². The fourth-order valence-corrected chi connectivity index (χ4v) is 1.80. The van der Waals surface area contributed by atoms with Crippen molar-refractivity contribution in [1.29, 1.82) is 0 Å². The van der Waals surface area contributed by atoms with Crippen molar-refractivity contribution in [3.63, 3.8) is 0 Å². The van der Waals surface area contributed by atoms with E-state index < -0.39 is 0 Å². The van der Waals surface area contributed by atoms with Gasteiger partial charge in [0.2, 0.25) is 0 Å². The van der Waals surface area contributed by atoms with Crippen molar-refractivity contribution in [2.24, 2.45) is 5.92 Å². The molecule has 0 fully saturated rings. The van der Waals surface area contributed by atoms with Gasteiger partial charge in [0.25, 0.3) is 0 Å². The van der Waals surface area contributed by atoms with Crippen LogP contribution in [0.25, 0.3) is 0 Å². The molecule has 0 bridgehead atoms. The van der Waals surface area contributed by atoms with Gasteiger partial charge < -0.3 is 5.32 Å². The molecule has 15 heavy (non-hydrogen) atoms. The van der Waals surface area contributed by atoms with E-state index >= 15 is 0 Å². The maximum atomic E-state index is 12.8. The number of nitrogens with one attached hydrogen (secondary N) is 1. The zero-order chi connectivity index (χ0) is 11.3. The maximum absolute atomic E-state index is 12.8. The lowest BCUT2D eigenvalue weighted by Gasteiger charge is -2.12. The lowest BCUT2D eigenvalue weighted by atomic mass is 9.98. The molecule has 84 valence electrons. The van der Waals surface area contributed by atoms with E-state index in [4.69, 9.17) is 11.6 Å². The molecule has 0 amide bonds. The highest BCUT2D eigenvalue weighted by atomic mass is 35.5. The second-order valence-corrected chi connectivity index (χ2v) is 4.34. The second-order valence-electron chi connectivity index (χ2n) is 3.94. The molecule has 0 aromatic heterocycles. The Hall–Kier alpha value is -0.600. The van der Waals surface area contributed by atoms with Crippen molar-refractivity contribution in [2.75, 3.05) is 13.6 Å². The van der Waals surface area contributed by atoms with E-state index in [9.17, 15) is 4.39 Å². The fraction of sp³-hybridized carbons (Fsp3) is 0.500. The summed E-state index contributed by atoms with van der Waals surface area (Å²) in [6, 6.07) is 4.61. The Kier molecular flexibility index (Phi) is 5.06. The molecule has 1 atom stereocenters. The van der Waals surface area contributed by atoms with Crippen molar-refractivity contribution in [3.8, 4) is 0 Å². The minimum absolute atomic E-state index is 0.272. The van der Waals surface area contributed by atoms with E-state index in [0.717, 1.165) is 24.9 Å². The lowest BCUT2D eigenvalue weighted by molar-refractivity contribution is 0.514. The first-order valence-electron chi connectivity index (χ1n) is 5.22. The van der Waals surface area contributed by atoms with Gasteiger partial charge in [0.1, 0.15) is 5.82 Å². The molecule has 1 aromatic rings. The standard InChI is InChI=1S/C12H17ClFN/c1-9(5-6-15-2)7-10-3-4-11(14)8-12(10)13/h3-4,8-9,15H,5-7H2,1-2H3. The van der Waals surface area contributed by atoms with Crippen LogP contribution in [-0.4, -0.2) is 13.6 Å². The number of rotatable bonds is 5. The summed E-state index contributed by atoms with van der Waals surface area (Å²) in [5, 5.41) is 3.65. The molecule has 0 radical (unpaired) electrons. The third kappa shape index (κ3) is 4.18. The van der Waals surface area contributed by atoms with Crippen LogP contribution in [0.4, 0.5) is 4.39 Å². The van der Waals surface area contributed by atoms with Crippen LogP contribution in [0.1, 0.15) is 18.9 Å². The summed E-state index contributed by atoms with van der Waals surface area (Å²) in [5.74, 6) is 0.284. The summed E-state index contributed by atoms with van der Waals surface area (Å²) in [7, 11) is 1.94. The summed E-state index contributed by atoms with van der Waals surface area (Å²) in [6.45, 7) is 3.18. The van der Waals surface area contributed by atoms with Gasteiger partial charge in [-0.15, -0.1) is 0 Å². The molecular formula is C12H17ClFN. The Morgan fingerprint density at radius 2 is 2.20 bits per heavy atom. The van der Waals surface area contributed by atoms with Gasteiger partial charge in [-0.05, 0) is 50.0 Å². The van der Waals surface area contributed by atoms with Gasteiger partial charge in [0, 0.05) is 5.02 Å². The van der Waals surface area contributed by atoms with Gasteiger partial charge in [-0.3, -0.25) is 0 Å². The van der Waals surface area contributed by atoms with Crippen LogP contribution in [-0.2, 0) is 6.42 Å². The van der Waals surface area contributed by atoms with Crippen molar-refractivity contribution >= 4 is 11.6 Å². The number of halogens is 2. The Balaban J connectivity index is 2.56. The van der Waals surface area contributed by atoms with Crippen LogP contribution in [0.5, 0.6) is 0 Å². The quantitative estimate of drug-likeness (QED) is 0.817. The third-order valence-electron chi connectivity index (χ3n) is 2.47. The first kappa shape index (κ1) is 12.5. The Labute approximate surface area is 95.6 Å². The summed E-state index contributed by atoms with van der Waals surface area (Å²) in [4.78, 5) is 0. The number of hydrogen-bond acceptors (Lipinski definition) is 1. The highest BCUT2D eigenvalue weighted by Gasteiger charge is 2.07. The minimum Gasteiger partial charge on any atom is -0.320 e. The first-order valence-corrected chi connectivity index (χ1v) is 5.59. The first-order chi connectivity index (χ1) is 7.13. The summed E-state index contributed by atoms with van der Waals surface area (Å²) < 4.78 is 12.8. The largest absolute Gasteiger partial charge is 0.320 e. The van der Waals surface area contributed by atoms with Crippen molar-refractivity contribution in [3.05, 3.63) is 34.6 Å².